The molecule has 2 fully saturated rings. The van der Waals surface area contributed by atoms with Crippen molar-refractivity contribution in [2.75, 3.05) is 31.6 Å². The minimum absolute atomic E-state index is 0.0232. The maximum absolute atomic E-state index is 13.1. The van der Waals surface area contributed by atoms with Gasteiger partial charge in [0.2, 0.25) is 5.91 Å². The van der Waals surface area contributed by atoms with Crippen LogP contribution in [0.4, 0.5) is 10.1 Å². The molecular weight excluding hydrogens is 373 g/mol. The second-order valence-corrected chi connectivity index (χ2v) is 8.14. The van der Waals surface area contributed by atoms with Gasteiger partial charge < -0.3 is 25.2 Å². The van der Waals surface area contributed by atoms with E-state index in [1.54, 1.807) is 17.0 Å². The summed E-state index contributed by atoms with van der Waals surface area (Å²) in [5, 5.41) is 24.1. The molecule has 27 heavy (non-hydrogen) atoms. The molecule has 0 bridgehead atoms. The Morgan fingerprint density at radius 1 is 1.26 bits per heavy atom. The molecule has 2 heterocycles. The number of thioether (sulfide) groups is 1. The van der Waals surface area contributed by atoms with Crippen LogP contribution in [0.15, 0.2) is 29.3 Å². The highest BCUT2D eigenvalue weighted by atomic mass is 32.2. The number of amides is 1. The van der Waals surface area contributed by atoms with E-state index in [2.05, 4.69) is 10.3 Å². The van der Waals surface area contributed by atoms with Crippen LogP contribution in [0.1, 0.15) is 6.42 Å². The Bertz CT molecular complexity index is 726. The number of carbonyl (C=O) groups excluding carboxylic acids is 1. The maximum Gasteiger partial charge on any atom is 0.227 e. The molecule has 0 unspecified atom stereocenters. The summed E-state index contributed by atoms with van der Waals surface area (Å²) in [6.45, 7) is 2.10. The number of hydrogen-bond acceptors (Lipinski definition) is 7. The van der Waals surface area contributed by atoms with Crippen molar-refractivity contribution in [1.82, 2.24) is 4.90 Å². The van der Waals surface area contributed by atoms with Crippen molar-refractivity contribution in [2.24, 2.45) is 10.9 Å². The second kappa shape index (κ2) is 7.75. The highest BCUT2D eigenvalue weighted by molar-refractivity contribution is 8.15. The van der Waals surface area contributed by atoms with Gasteiger partial charge in [-0.3, -0.25) is 9.79 Å². The molecule has 5 atom stereocenters. The van der Waals surface area contributed by atoms with E-state index in [-0.39, 0.29) is 23.4 Å². The monoisotopic (exact) mass is 395 g/mol. The lowest BCUT2D eigenvalue weighted by atomic mass is 9.80. The van der Waals surface area contributed by atoms with Gasteiger partial charge in [0.05, 0.1) is 31.3 Å². The first-order chi connectivity index (χ1) is 13.0. The van der Waals surface area contributed by atoms with Crippen LogP contribution in [-0.2, 0) is 9.53 Å². The fraction of sp³-hybridized carbons (Fsp3) is 0.556. The van der Waals surface area contributed by atoms with Crippen molar-refractivity contribution in [3.63, 3.8) is 0 Å². The number of ether oxygens (including phenoxy) is 1. The van der Waals surface area contributed by atoms with Crippen LogP contribution in [-0.4, -0.2) is 76.0 Å². The van der Waals surface area contributed by atoms with Gasteiger partial charge in [0.25, 0.3) is 0 Å². The first-order valence-electron chi connectivity index (χ1n) is 9.02. The third kappa shape index (κ3) is 3.82. The molecule has 1 saturated carbocycles. The number of nitrogens with zero attached hydrogens (tertiary/aromatic N) is 2. The quantitative estimate of drug-likeness (QED) is 0.682. The molecule has 0 aromatic heterocycles. The number of rotatable bonds is 2. The number of anilines is 1. The number of aliphatic hydroxyl groups excluding tert-OH is 2. The van der Waals surface area contributed by atoms with E-state index >= 15 is 0 Å². The number of fused-ring (bicyclic) bond motifs is 1. The molecule has 1 aromatic rings. The van der Waals surface area contributed by atoms with Gasteiger partial charge in [0.15, 0.2) is 5.17 Å². The number of benzene rings is 1. The van der Waals surface area contributed by atoms with Crippen LogP contribution in [0.2, 0.25) is 0 Å². The zero-order valence-electron chi connectivity index (χ0n) is 14.6. The van der Waals surface area contributed by atoms with Crippen LogP contribution >= 0.6 is 11.8 Å². The predicted molar refractivity (Wildman–Crippen MR) is 100 cm³/mol. The minimum atomic E-state index is -1.01. The van der Waals surface area contributed by atoms with E-state index < -0.39 is 24.2 Å². The van der Waals surface area contributed by atoms with Crippen molar-refractivity contribution in [1.29, 1.82) is 0 Å². The van der Waals surface area contributed by atoms with Gasteiger partial charge in [-0.2, -0.15) is 0 Å². The van der Waals surface area contributed by atoms with Crippen LogP contribution in [0, 0.1) is 11.7 Å². The Morgan fingerprint density at radius 2 is 1.96 bits per heavy atom. The van der Waals surface area contributed by atoms with Gasteiger partial charge in [-0.05, 0) is 30.7 Å². The average molecular weight is 395 g/mol. The molecule has 1 amide bonds. The average Bonchev–Trinajstić information content (AvgIpc) is 3.10. The predicted octanol–water partition coefficient (Wildman–Crippen LogP) is 0.678. The van der Waals surface area contributed by atoms with Crippen molar-refractivity contribution >= 4 is 28.5 Å². The van der Waals surface area contributed by atoms with E-state index in [0.717, 1.165) is 0 Å². The molecule has 1 aromatic carbocycles. The van der Waals surface area contributed by atoms with Crippen molar-refractivity contribution in [3.05, 3.63) is 30.1 Å². The van der Waals surface area contributed by atoms with Crippen molar-refractivity contribution in [2.45, 2.75) is 29.9 Å². The lowest BCUT2D eigenvalue weighted by molar-refractivity contribution is -0.144. The largest absolute Gasteiger partial charge is 0.390 e. The van der Waals surface area contributed by atoms with Crippen LogP contribution in [0.3, 0.4) is 0 Å². The summed E-state index contributed by atoms with van der Waals surface area (Å²) in [6.07, 6.45) is -1.79. The SMILES string of the molecule is O=C([C@H]1C[C@@H](O)[C@H](O)[C@@H]2N=C(Nc3ccc(F)cc3)S[C@@H]21)N1CCOCC1. The van der Waals surface area contributed by atoms with E-state index in [0.29, 0.717) is 37.2 Å². The van der Waals surface area contributed by atoms with Gasteiger partial charge in [0.1, 0.15) is 11.9 Å². The maximum atomic E-state index is 13.1. The zero-order valence-corrected chi connectivity index (χ0v) is 15.4. The summed E-state index contributed by atoms with van der Waals surface area (Å²) in [6, 6.07) is 5.33. The molecule has 146 valence electrons. The Hall–Kier alpha value is -1.68. The summed E-state index contributed by atoms with van der Waals surface area (Å²) in [5.74, 6) is -0.775. The van der Waals surface area contributed by atoms with E-state index in [1.165, 1.54) is 23.9 Å². The zero-order chi connectivity index (χ0) is 19.0. The Morgan fingerprint density at radius 3 is 2.67 bits per heavy atom. The van der Waals surface area contributed by atoms with Gasteiger partial charge >= 0.3 is 0 Å². The topological polar surface area (TPSA) is 94.4 Å². The molecule has 3 N–H and O–H groups in total. The number of halogens is 1. The number of morpholine rings is 1. The third-order valence-corrected chi connectivity index (χ3v) is 6.53. The number of carbonyl (C=O) groups is 1. The standard InChI is InChI=1S/C18H22FN3O4S/c19-10-1-3-11(4-2-10)20-18-21-14-15(24)13(23)9-12(16(14)27-18)17(25)22-5-7-26-8-6-22/h1-4,12-16,23-24H,5-9H2,(H,20,21)/t12-,13+,14-,15-,16+/m0/s1. The first-order valence-corrected chi connectivity index (χ1v) is 9.90. The van der Waals surface area contributed by atoms with Gasteiger partial charge in [-0.25, -0.2) is 4.39 Å². The molecule has 1 aliphatic carbocycles. The number of aliphatic imine (C=N–C) groups is 1. The molecule has 1 saturated heterocycles. The number of hydrogen-bond donors (Lipinski definition) is 3. The summed E-state index contributed by atoms with van der Waals surface area (Å²) in [5.41, 5.74) is 0.674. The molecule has 7 nitrogen and oxygen atoms in total. The number of aliphatic hydroxyl groups is 2. The summed E-state index contributed by atoms with van der Waals surface area (Å²) in [7, 11) is 0. The van der Waals surface area contributed by atoms with Crippen molar-refractivity contribution < 1.29 is 24.1 Å². The lowest BCUT2D eigenvalue weighted by Gasteiger charge is -2.40. The van der Waals surface area contributed by atoms with Crippen LogP contribution < -0.4 is 5.32 Å². The Labute approximate surface area is 160 Å². The first kappa shape index (κ1) is 18.7. The highest BCUT2D eigenvalue weighted by Crippen LogP contribution is 2.42. The minimum Gasteiger partial charge on any atom is -0.390 e. The molecule has 0 radical (unpaired) electrons. The highest BCUT2D eigenvalue weighted by Gasteiger charge is 2.51. The third-order valence-electron chi connectivity index (χ3n) is 5.22. The Kier molecular flexibility index (Phi) is 5.36. The second-order valence-electron chi connectivity index (χ2n) is 6.98. The molecule has 9 heteroatoms. The van der Waals surface area contributed by atoms with Gasteiger partial charge in [-0.1, -0.05) is 11.8 Å². The lowest BCUT2D eigenvalue weighted by Crippen LogP contribution is -2.55. The number of nitrogens with one attached hydrogen (secondary N) is 1. The number of amidine groups is 1. The van der Waals surface area contributed by atoms with Gasteiger partial charge in [-0.15, -0.1) is 0 Å². The molecule has 3 aliphatic rings. The van der Waals surface area contributed by atoms with E-state index in [9.17, 15) is 19.4 Å². The molecular formula is C18H22FN3O4S. The molecule has 0 spiro atoms. The van der Waals surface area contributed by atoms with Gasteiger partial charge in [0, 0.05) is 24.0 Å². The normalized spacial score (nSPS) is 33.4. The summed E-state index contributed by atoms with van der Waals surface area (Å²) in [4.78, 5) is 19.3. The fourth-order valence-electron chi connectivity index (χ4n) is 3.77. The van der Waals surface area contributed by atoms with E-state index in [4.69, 9.17) is 4.74 Å². The molecule has 4 rings (SSSR count). The fourth-order valence-corrected chi connectivity index (χ4v) is 5.14. The van der Waals surface area contributed by atoms with Crippen LogP contribution in [0.25, 0.3) is 0 Å². The van der Waals surface area contributed by atoms with Crippen molar-refractivity contribution in [3.8, 4) is 0 Å². The summed E-state index contributed by atoms with van der Waals surface area (Å²) >= 11 is 1.40. The summed E-state index contributed by atoms with van der Waals surface area (Å²) < 4.78 is 18.4. The van der Waals surface area contributed by atoms with Crippen LogP contribution in [0.5, 0.6) is 0 Å². The van der Waals surface area contributed by atoms with E-state index in [1.807, 2.05) is 0 Å². The molecule has 2 aliphatic heterocycles. The smallest absolute Gasteiger partial charge is 0.227 e. The Balaban J connectivity index is 1.50.